The number of halogens is 2. The number of ether oxygens (including phenoxy) is 3. The predicted molar refractivity (Wildman–Crippen MR) is 85.1 cm³/mol. The maximum absolute atomic E-state index is 12.5. The number of benzene rings is 1. The number of urea groups is 1. The van der Waals surface area contributed by atoms with Crippen LogP contribution in [0.4, 0.5) is 19.3 Å². The molecule has 4 atom stereocenters. The highest BCUT2D eigenvalue weighted by Crippen LogP contribution is 2.47. The van der Waals surface area contributed by atoms with Crippen molar-refractivity contribution in [2.75, 3.05) is 25.5 Å². The van der Waals surface area contributed by atoms with E-state index in [9.17, 15) is 13.6 Å². The predicted octanol–water partition coefficient (Wildman–Crippen LogP) is 2.94. The molecule has 3 heterocycles. The van der Waals surface area contributed by atoms with Gasteiger partial charge >= 0.3 is 12.6 Å². The summed E-state index contributed by atoms with van der Waals surface area (Å²) in [5, 5.41) is 2.75. The zero-order valence-electron chi connectivity index (χ0n) is 13.8. The van der Waals surface area contributed by atoms with Crippen LogP contribution in [-0.2, 0) is 4.74 Å². The van der Waals surface area contributed by atoms with Crippen molar-refractivity contribution < 1.29 is 27.8 Å². The number of hydrogen-bond donors (Lipinski definition) is 1. The lowest BCUT2D eigenvalue weighted by Gasteiger charge is -2.20. The van der Waals surface area contributed by atoms with E-state index < -0.39 is 6.61 Å². The Balaban J connectivity index is 1.43. The van der Waals surface area contributed by atoms with Gasteiger partial charge in [0.2, 0.25) is 0 Å². The number of nitrogens with one attached hydrogen (secondary N) is 1. The van der Waals surface area contributed by atoms with Gasteiger partial charge in [-0.3, -0.25) is 0 Å². The van der Waals surface area contributed by atoms with Crippen molar-refractivity contribution in [3.63, 3.8) is 0 Å². The fourth-order valence-corrected chi connectivity index (χ4v) is 4.27. The third-order valence-corrected chi connectivity index (χ3v) is 5.37. The number of nitrogens with zero attached hydrogens (tertiary/aromatic N) is 1. The first-order valence-electron chi connectivity index (χ1n) is 8.39. The zero-order valence-corrected chi connectivity index (χ0v) is 13.8. The van der Waals surface area contributed by atoms with Crippen LogP contribution in [-0.4, -0.2) is 49.9 Å². The second kappa shape index (κ2) is 6.33. The third kappa shape index (κ3) is 2.99. The maximum Gasteiger partial charge on any atom is 0.387 e. The minimum absolute atomic E-state index is 0.111. The summed E-state index contributed by atoms with van der Waals surface area (Å²) in [6.07, 6.45) is 2.71. The van der Waals surface area contributed by atoms with Gasteiger partial charge in [-0.2, -0.15) is 8.78 Å². The molecule has 0 aliphatic carbocycles. The second-order valence-electron chi connectivity index (χ2n) is 6.70. The zero-order chi connectivity index (χ0) is 17.6. The first-order valence-corrected chi connectivity index (χ1v) is 8.39. The van der Waals surface area contributed by atoms with Crippen molar-refractivity contribution in [3.8, 4) is 11.5 Å². The molecule has 0 radical (unpaired) electrons. The highest BCUT2D eigenvalue weighted by molar-refractivity contribution is 5.90. The molecule has 0 spiro atoms. The molecule has 8 heteroatoms. The first-order chi connectivity index (χ1) is 12.0. The Hall–Kier alpha value is -2.09. The van der Waals surface area contributed by atoms with Gasteiger partial charge in [-0.05, 0) is 25.0 Å². The Morgan fingerprint density at radius 1 is 1.24 bits per heavy atom. The molecule has 2 bridgehead atoms. The molecule has 2 amide bonds. The van der Waals surface area contributed by atoms with E-state index in [4.69, 9.17) is 9.47 Å². The molecular formula is C17H20F2N2O4. The molecule has 1 N–H and O–H groups in total. The molecule has 0 saturated carbocycles. The number of carbonyl (C=O) groups is 1. The highest BCUT2D eigenvalue weighted by Gasteiger charge is 2.53. The number of rotatable bonds is 4. The summed E-state index contributed by atoms with van der Waals surface area (Å²) in [5.74, 6) is 0.902. The number of methoxy groups -OCH3 is 1. The standard InChI is InChI=1S/C17H20F2N2O4/c1-23-14-3-2-9(6-15(14)25-16(18)19)20-17(22)21-7-10-11(8-21)13-5-4-12(10)24-13/h2-3,6,10-13,16H,4-5,7-8H2,1H3,(H,20,22). The van der Waals surface area contributed by atoms with Gasteiger partial charge < -0.3 is 24.4 Å². The Morgan fingerprint density at radius 2 is 1.92 bits per heavy atom. The number of alkyl halides is 2. The monoisotopic (exact) mass is 354 g/mol. The molecule has 1 aromatic carbocycles. The van der Waals surface area contributed by atoms with Crippen molar-refractivity contribution in [2.24, 2.45) is 11.8 Å². The van der Waals surface area contributed by atoms with Gasteiger partial charge in [-0.25, -0.2) is 4.79 Å². The number of likely N-dealkylation sites (tertiary alicyclic amines) is 1. The lowest BCUT2D eigenvalue weighted by Crippen LogP contribution is -2.35. The molecule has 3 aliphatic heterocycles. The van der Waals surface area contributed by atoms with Gasteiger partial charge in [0, 0.05) is 36.7 Å². The largest absolute Gasteiger partial charge is 0.493 e. The fraction of sp³-hybridized carbons (Fsp3) is 0.588. The fourth-order valence-electron chi connectivity index (χ4n) is 4.27. The summed E-state index contributed by atoms with van der Waals surface area (Å²) in [4.78, 5) is 14.3. The van der Waals surface area contributed by atoms with Gasteiger partial charge in [0.15, 0.2) is 11.5 Å². The van der Waals surface area contributed by atoms with Crippen LogP contribution in [0.5, 0.6) is 11.5 Å². The lowest BCUT2D eigenvalue weighted by molar-refractivity contribution is -0.0511. The van der Waals surface area contributed by atoms with E-state index in [0.29, 0.717) is 30.6 Å². The quantitative estimate of drug-likeness (QED) is 0.903. The Morgan fingerprint density at radius 3 is 2.52 bits per heavy atom. The average molecular weight is 354 g/mol. The van der Waals surface area contributed by atoms with Crippen LogP contribution in [0.3, 0.4) is 0 Å². The summed E-state index contributed by atoms with van der Waals surface area (Å²) in [5.41, 5.74) is 0.387. The Labute approximate surface area is 144 Å². The van der Waals surface area contributed by atoms with E-state index in [1.54, 1.807) is 11.0 Å². The molecule has 6 nitrogen and oxygen atoms in total. The van der Waals surface area contributed by atoms with Crippen molar-refractivity contribution in [2.45, 2.75) is 31.7 Å². The number of fused-ring (bicyclic) bond motifs is 5. The van der Waals surface area contributed by atoms with Crippen LogP contribution in [0.25, 0.3) is 0 Å². The summed E-state index contributed by atoms with van der Waals surface area (Å²) in [6.45, 7) is -1.61. The average Bonchev–Trinajstić information content (AvgIpc) is 3.27. The summed E-state index contributed by atoms with van der Waals surface area (Å²) >= 11 is 0. The minimum atomic E-state index is -2.96. The Bertz CT molecular complexity index is 654. The van der Waals surface area contributed by atoms with Gasteiger partial charge in [0.05, 0.1) is 19.3 Å². The maximum atomic E-state index is 12.5. The van der Waals surface area contributed by atoms with Gasteiger partial charge in [0.25, 0.3) is 0 Å². The van der Waals surface area contributed by atoms with E-state index in [-0.39, 0.29) is 29.7 Å². The third-order valence-electron chi connectivity index (χ3n) is 5.37. The summed E-state index contributed by atoms with van der Waals surface area (Å²) in [6, 6.07) is 4.19. The molecular weight excluding hydrogens is 334 g/mol. The smallest absolute Gasteiger partial charge is 0.387 e. The van der Waals surface area contributed by atoms with Crippen molar-refractivity contribution in [1.29, 1.82) is 0 Å². The van der Waals surface area contributed by atoms with Gasteiger partial charge in [-0.15, -0.1) is 0 Å². The molecule has 4 unspecified atom stereocenters. The van der Waals surface area contributed by atoms with Crippen molar-refractivity contribution in [3.05, 3.63) is 18.2 Å². The molecule has 3 saturated heterocycles. The van der Waals surface area contributed by atoms with Crippen LogP contribution < -0.4 is 14.8 Å². The highest BCUT2D eigenvalue weighted by atomic mass is 19.3. The lowest BCUT2D eigenvalue weighted by atomic mass is 9.82. The van der Waals surface area contributed by atoms with E-state index in [1.807, 2.05) is 0 Å². The first kappa shape index (κ1) is 16.4. The van der Waals surface area contributed by atoms with Crippen LogP contribution in [0.1, 0.15) is 12.8 Å². The van der Waals surface area contributed by atoms with E-state index in [2.05, 4.69) is 10.1 Å². The van der Waals surface area contributed by atoms with Crippen LogP contribution in [0, 0.1) is 11.8 Å². The van der Waals surface area contributed by atoms with Crippen LogP contribution in [0.15, 0.2) is 18.2 Å². The molecule has 136 valence electrons. The molecule has 3 aliphatic rings. The normalized spacial score (nSPS) is 29.8. The minimum Gasteiger partial charge on any atom is -0.493 e. The number of anilines is 1. The molecule has 0 aromatic heterocycles. The molecule has 25 heavy (non-hydrogen) atoms. The Kier molecular flexibility index (Phi) is 4.15. The van der Waals surface area contributed by atoms with Gasteiger partial charge in [-0.1, -0.05) is 0 Å². The summed E-state index contributed by atoms with van der Waals surface area (Å²) in [7, 11) is 1.37. The van der Waals surface area contributed by atoms with E-state index in [0.717, 1.165) is 12.8 Å². The van der Waals surface area contributed by atoms with Crippen LogP contribution >= 0.6 is 0 Å². The van der Waals surface area contributed by atoms with E-state index >= 15 is 0 Å². The van der Waals surface area contributed by atoms with Gasteiger partial charge in [0.1, 0.15) is 0 Å². The molecule has 1 aromatic rings. The number of amides is 2. The van der Waals surface area contributed by atoms with Crippen molar-refractivity contribution in [1.82, 2.24) is 4.90 Å². The molecule has 4 rings (SSSR count). The number of hydrogen-bond acceptors (Lipinski definition) is 4. The summed E-state index contributed by atoms with van der Waals surface area (Å²) < 4.78 is 40.3. The molecule has 3 fully saturated rings. The van der Waals surface area contributed by atoms with E-state index in [1.165, 1.54) is 19.2 Å². The number of carbonyl (C=O) groups excluding carboxylic acids is 1. The topological polar surface area (TPSA) is 60.0 Å². The SMILES string of the molecule is COc1ccc(NC(=O)N2CC3C4CCC(O4)C3C2)cc1OC(F)F. The van der Waals surface area contributed by atoms with Crippen LogP contribution in [0.2, 0.25) is 0 Å². The van der Waals surface area contributed by atoms with Crippen molar-refractivity contribution >= 4 is 11.7 Å². The second-order valence-corrected chi connectivity index (χ2v) is 6.70.